The minimum absolute atomic E-state index is 0.611. The van der Waals surface area contributed by atoms with Crippen LogP contribution in [-0.2, 0) is 0 Å². The summed E-state index contributed by atoms with van der Waals surface area (Å²) in [5.41, 5.74) is 0. The van der Waals surface area contributed by atoms with Gasteiger partial charge < -0.3 is 0 Å². The van der Waals surface area contributed by atoms with Gasteiger partial charge in [0.2, 0.25) is 0 Å². The molecule has 1 aliphatic heterocycles. The van der Waals surface area contributed by atoms with Gasteiger partial charge in [-0.3, -0.25) is 4.90 Å². The molecule has 0 aromatic heterocycles. The molecular weight excluding hydrogens is 86.1 g/mol. The fourth-order valence-corrected chi connectivity index (χ4v) is 0.638. The van der Waals surface area contributed by atoms with Gasteiger partial charge in [-0.25, -0.2) is 0 Å². The number of hydrogen-bond donors (Lipinski definition) is 0. The number of nitrogens with zero attached hydrogens (tertiary/aromatic N) is 1. The average molecular weight is 96.2 g/mol. The standard InChI is InChI=1S/C6H10N/c1-6-4-3-5-7(6)2/h4,6H,5H2,1-2H3. The van der Waals surface area contributed by atoms with E-state index in [0.717, 1.165) is 6.54 Å². The molecule has 1 radical (unpaired) electrons. The largest absolute Gasteiger partial charge is 0.296 e. The van der Waals surface area contributed by atoms with Crippen molar-refractivity contribution in [2.75, 3.05) is 13.6 Å². The van der Waals surface area contributed by atoms with Crippen LogP contribution in [0.4, 0.5) is 0 Å². The molecule has 0 aromatic rings. The molecule has 0 saturated heterocycles. The van der Waals surface area contributed by atoms with Gasteiger partial charge in [0.05, 0.1) is 0 Å². The van der Waals surface area contributed by atoms with E-state index in [1.165, 1.54) is 0 Å². The maximum absolute atomic E-state index is 3.12. The molecule has 39 valence electrons. The highest BCUT2D eigenvalue weighted by Crippen LogP contribution is 2.02. The van der Waals surface area contributed by atoms with Crippen LogP contribution in [0.5, 0.6) is 0 Å². The second-order valence-corrected chi connectivity index (χ2v) is 2.03. The summed E-state index contributed by atoms with van der Waals surface area (Å²) in [6, 6.07) is 0.611. The van der Waals surface area contributed by atoms with Crippen molar-refractivity contribution in [1.82, 2.24) is 4.90 Å². The zero-order valence-corrected chi connectivity index (χ0v) is 4.81. The molecule has 0 bridgehead atoms. The summed E-state index contributed by atoms with van der Waals surface area (Å²) in [4.78, 5) is 2.24. The summed E-state index contributed by atoms with van der Waals surface area (Å²) in [7, 11) is 2.10. The molecular formula is C6H10N. The molecule has 1 unspecified atom stereocenters. The lowest BCUT2D eigenvalue weighted by Gasteiger charge is -2.12. The molecule has 1 aliphatic rings. The number of rotatable bonds is 0. The Kier molecular flexibility index (Phi) is 1.15. The van der Waals surface area contributed by atoms with E-state index in [1.807, 2.05) is 0 Å². The lowest BCUT2D eigenvalue weighted by molar-refractivity contribution is 0.350. The maximum atomic E-state index is 3.12. The van der Waals surface area contributed by atoms with Crippen molar-refractivity contribution in [3.8, 4) is 0 Å². The van der Waals surface area contributed by atoms with Crippen LogP contribution in [0.3, 0.4) is 0 Å². The van der Waals surface area contributed by atoms with Crippen molar-refractivity contribution in [3.05, 3.63) is 12.2 Å². The number of likely N-dealkylation sites (N-methyl/N-ethyl adjacent to an activating group) is 1. The highest BCUT2D eigenvalue weighted by atomic mass is 15.1. The third kappa shape index (κ3) is 0.829. The Morgan fingerprint density at radius 2 is 2.57 bits per heavy atom. The summed E-state index contributed by atoms with van der Waals surface area (Å²) >= 11 is 0. The van der Waals surface area contributed by atoms with Crippen LogP contribution in [0.2, 0.25) is 0 Å². The number of hydrogen-bond acceptors (Lipinski definition) is 1. The Morgan fingerprint density at radius 3 is 2.71 bits per heavy atom. The van der Waals surface area contributed by atoms with Gasteiger partial charge >= 0.3 is 0 Å². The SMILES string of the molecule is CC1C=[C]CN1C. The molecule has 0 saturated carbocycles. The highest BCUT2D eigenvalue weighted by Gasteiger charge is 2.07. The quantitative estimate of drug-likeness (QED) is 0.428. The first kappa shape index (κ1) is 4.85. The van der Waals surface area contributed by atoms with Gasteiger partial charge in [-0.15, -0.1) is 0 Å². The van der Waals surface area contributed by atoms with Crippen LogP contribution in [0.25, 0.3) is 0 Å². The lowest BCUT2D eigenvalue weighted by Crippen LogP contribution is -2.21. The second kappa shape index (κ2) is 1.66. The topological polar surface area (TPSA) is 3.24 Å². The van der Waals surface area contributed by atoms with Gasteiger partial charge in [0.25, 0.3) is 0 Å². The molecule has 1 heterocycles. The van der Waals surface area contributed by atoms with Crippen LogP contribution >= 0.6 is 0 Å². The maximum Gasteiger partial charge on any atom is 0.0256 e. The molecule has 0 amide bonds. The predicted octanol–water partition coefficient (Wildman–Crippen LogP) is 0.680. The zero-order chi connectivity index (χ0) is 5.28. The molecule has 1 heteroatoms. The Morgan fingerprint density at radius 1 is 1.86 bits per heavy atom. The molecule has 0 N–H and O–H groups in total. The van der Waals surface area contributed by atoms with E-state index < -0.39 is 0 Å². The Hall–Kier alpha value is -0.300. The van der Waals surface area contributed by atoms with Gasteiger partial charge in [-0.1, -0.05) is 6.08 Å². The Bertz CT molecular complexity index is 86.2. The average Bonchev–Trinajstić information content (AvgIpc) is 1.91. The van der Waals surface area contributed by atoms with Crippen LogP contribution in [-0.4, -0.2) is 24.5 Å². The lowest BCUT2D eigenvalue weighted by atomic mass is 10.3. The molecule has 0 aromatic carbocycles. The summed E-state index contributed by atoms with van der Waals surface area (Å²) < 4.78 is 0. The van der Waals surface area contributed by atoms with E-state index >= 15 is 0 Å². The molecule has 7 heavy (non-hydrogen) atoms. The zero-order valence-electron chi connectivity index (χ0n) is 4.81. The first-order chi connectivity index (χ1) is 3.30. The van der Waals surface area contributed by atoms with Crippen LogP contribution in [0.1, 0.15) is 6.92 Å². The second-order valence-electron chi connectivity index (χ2n) is 2.03. The van der Waals surface area contributed by atoms with Crippen molar-refractivity contribution < 1.29 is 0 Å². The highest BCUT2D eigenvalue weighted by molar-refractivity contribution is 4.94. The normalized spacial score (nSPS) is 32.0. The van der Waals surface area contributed by atoms with Gasteiger partial charge in [-0.05, 0) is 20.0 Å². The van der Waals surface area contributed by atoms with Gasteiger partial charge in [0, 0.05) is 12.6 Å². The van der Waals surface area contributed by atoms with Crippen LogP contribution < -0.4 is 0 Å². The van der Waals surface area contributed by atoms with E-state index in [4.69, 9.17) is 0 Å². The molecule has 1 atom stereocenters. The van der Waals surface area contributed by atoms with Crippen LogP contribution in [0, 0.1) is 6.08 Å². The van der Waals surface area contributed by atoms with E-state index in [1.54, 1.807) is 0 Å². The first-order valence-electron chi connectivity index (χ1n) is 2.57. The minimum atomic E-state index is 0.611. The molecule has 1 nitrogen and oxygen atoms in total. The summed E-state index contributed by atoms with van der Waals surface area (Å²) in [5, 5.41) is 0. The third-order valence-electron chi connectivity index (χ3n) is 1.39. The Balaban J connectivity index is 2.45. The van der Waals surface area contributed by atoms with E-state index in [9.17, 15) is 0 Å². The molecule has 0 fully saturated rings. The predicted molar refractivity (Wildman–Crippen MR) is 29.9 cm³/mol. The van der Waals surface area contributed by atoms with Crippen molar-refractivity contribution in [2.24, 2.45) is 0 Å². The fourth-order valence-electron chi connectivity index (χ4n) is 0.638. The van der Waals surface area contributed by atoms with E-state index in [-0.39, 0.29) is 0 Å². The van der Waals surface area contributed by atoms with E-state index in [2.05, 4.69) is 31.0 Å². The van der Waals surface area contributed by atoms with Crippen molar-refractivity contribution in [3.63, 3.8) is 0 Å². The molecule has 0 aliphatic carbocycles. The van der Waals surface area contributed by atoms with Crippen molar-refractivity contribution in [2.45, 2.75) is 13.0 Å². The Labute approximate surface area is 44.6 Å². The fraction of sp³-hybridized carbons (Fsp3) is 0.667. The summed E-state index contributed by atoms with van der Waals surface area (Å²) in [6.07, 6.45) is 5.22. The summed E-state index contributed by atoms with van der Waals surface area (Å²) in [5.74, 6) is 0. The third-order valence-corrected chi connectivity index (χ3v) is 1.39. The monoisotopic (exact) mass is 96.1 g/mol. The smallest absolute Gasteiger partial charge is 0.0256 e. The van der Waals surface area contributed by atoms with E-state index in [0.29, 0.717) is 6.04 Å². The van der Waals surface area contributed by atoms with Gasteiger partial charge in [-0.2, -0.15) is 0 Å². The van der Waals surface area contributed by atoms with Crippen molar-refractivity contribution in [1.29, 1.82) is 0 Å². The van der Waals surface area contributed by atoms with Gasteiger partial charge in [0.15, 0.2) is 0 Å². The minimum Gasteiger partial charge on any atom is -0.296 e. The first-order valence-corrected chi connectivity index (χ1v) is 2.57. The summed E-state index contributed by atoms with van der Waals surface area (Å²) in [6.45, 7) is 3.17. The van der Waals surface area contributed by atoms with Crippen molar-refractivity contribution >= 4 is 0 Å². The van der Waals surface area contributed by atoms with Gasteiger partial charge in [0.1, 0.15) is 0 Å². The molecule has 0 spiro atoms. The molecule has 1 rings (SSSR count). The van der Waals surface area contributed by atoms with Crippen LogP contribution in [0.15, 0.2) is 6.08 Å².